The summed E-state index contributed by atoms with van der Waals surface area (Å²) in [5, 5.41) is 16.5. The molecule has 0 spiro atoms. The SMILES string of the molecule is Cc1nn(C)c(C)c1CC(C)NC(=O)C1CCC(C(=O)O)CC1. The summed E-state index contributed by atoms with van der Waals surface area (Å²) in [7, 11) is 1.93. The highest BCUT2D eigenvalue weighted by Crippen LogP contribution is 2.29. The summed E-state index contributed by atoms with van der Waals surface area (Å²) in [5.74, 6) is -1.01. The highest BCUT2D eigenvalue weighted by molar-refractivity contribution is 5.79. The van der Waals surface area contributed by atoms with Crippen LogP contribution in [0.4, 0.5) is 0 Å². The molecule has 6 heteroatoms. The number of aromatic nitrogens is 2. The van der Waals surface area contributed by atoms with Crippen molar-refractivity contribution < 1.29 is 14.7 Å². The molecule has 1 aromatic rings. The Morgan fingerprint density at radius 3 is 2.30 bits per heavy atom. The van der Waals surface area contributed by atoms with Gasteiger partial charge in [0.2, 0.25) is 5.91 Å². The van der Waals surface area contributed by atoms with Crippen LogP contribution < -0.4 is 5.32 Å². The van der Waals surface area contributed by atoms with Gasteiger partial charge in [-0.25, -0.2) is 0 Å². The lowest BCUT2D eigenvalue weighted by Crippen LogP contribution is -2.40. The minimum Gasteiger partial charge on any atom is -0.481 e. The van der Waals surface area contributed by atoms with Crippen molar-refractivity contribution >= 4 is 11.9 Å². The molecule has 1 aliphatic rings. The number of carbonyl (C=O) groups is 2. The summed E-state index contributed by atoms with van der Waals surface area (Å²) in [6.45, 7) is 6.04. The second-order valence-electron chi connectivity index (χ2n) is 6.77. The third-order valence-electron chi connectivity index (χ3n) is 5.01. The van der Waals surface area contributed by atoms with Crippen LogP contribution in [-0.4, -0.2) is 32.8 Å². The number of hydrogen-bond donors (Lipinski definition) is 2. The number of rotatable bonds is 5. The van der Waals surface area contributed by atoms with Gasteiger partial charge in [0, 0.05) is 24.7 Å². The van der Waals surface area contributed by atoms with Crippen LogP contribution in [0.2, 0.25) is 0 Å². The van der Waals surface area contributed by atoms with Crippen LogP contribution in [0.3, 0.4) is 0 Å². The molecule has 1 amide bonds. The summed E-state index contributed by atoms with van der Waals surface area (Å²) in [6, 6.07) is 0.0429. The molecule has 6 nitrogen and oxygen atoms in total. The zero-order valence-electron chi connectivity index (χ0n) is 14.4. The lowest BCUT2D eigenvalue weighted by Gasteiger charge is -2.26. The molecule has 0 saturated heterocycles. The van der Waals surface area contributed by atoms with Gasteiger partial charge in [0.1, 0.15) is 0 Å². The van der Waals surface area contributed by atoms with E-state index in [2.05, 4.69) is 10.4 Å². The summed E-state index contributed by atoms with van der Waals surface area (Å²) in [5.41, 5.74) is 3.33. The van der Waals surface area contributed by atoms with Crippen molar-refractivity contribution in [1.29, 1.82) is 0 Å². The molecule has 1 fully saturated rings. The Kier molecular flexibility index (Phi) is 5.44. The van der Waals surface area contributed by atoms with Gasteiger partial charge in [0.25, 0.3) is 0 Å². The van der Waals surface area contributed by atoms with Crippen LogP contribution in [0.15, 0.2) is 0 Å². The number of carboxylic acid groups (broad SMARTS) is 1. The fraction of sp³-hybridized carbons (Fsp3) is 0.706. The fourth-order valence-corrected chi connectivity index (χ4v) is 3.43. The maximum absolute atomic E-state index is 12.4. The molecule has 128 valence electrons. The first kappa shape index (κ1) is 17.5. The van der Waals surface area contributed by atoms with Crippen LogP contribution >= 0.6 is 0 Å². The molecule has 23 heavy (non-hydrogen) atoms. The maximum Gasteiger partial charge on any atom is 0.306 e. The molecule has 0 radical (unpaired) electrons. The molecule has 1 saturated carbocycles. The molecular formula is C17H27N3O3. The van der Waals surface area contributed by atoms with Crippen molar-refractivity contribution in [2.24, 2.45) is 18.9 Å². The fourth-order valence-electron chi connectivity index (χ4n) is 3.43. The highest BCUT2D eigenvalue weighted by atomic mass is 16.4. The second-order valence-corrected chi connectivity index (χ2v) is 6.77. The molecule has 0 aromatic carbocycles. The Hall–Kier alpha value is -1.85. The van der Waals surface area contributed by atoms with Gasteiger partial charge in [-0.1, -0.05) is 0 Å². The first-order valence-electron chi connectivity index (χ1n) is 8.31. The molecule has 0 aliphatic heterocycles. The van der Waals surface area contributed by atoms with Gasteiger partial charge in [-0.05, 0) is 58.4 Å². The van der Waals surface area contributed by atoms with Crippen LogP contribution in [-0.2, 0) is 23.1 Å². The minimum atomic E-state index is -0.736. The Morgan fingerprint density at radius 1 is 1.26 bits per heavy atom. The molecule has 1 aromatic heterocycles. The second kappa shape index (κ2) is 7.15. The Balaban J connectivity index is 1.87. The van der Waals surface area contributed by atoms with E-state index in [1.807, 2.05) is 32.5 Å². The van der Waals surface area contributed by atoms with Crippen molar-refractivity contribution in [1.82, 2.24) is 15.1 Å². The Bertz CT molecular complexity index is 586. The van der Waals surface area contributed by atoms with E-state index < -0.39 is 5.97 Å². The maximum atomic E-state index is 12.4. The third-order valence-corrected chi connectivity index (χ3v) is 5.01. The number of amides is 1. The normalized spacial score (nSPS) is 22.6. The van der Waals surface area contributed by atoms with E-state index in [1.54, 1.807) is 0 Å². The number of nitrogens with zero attached hydrogens (tertiary/aromatic N) is 2. The van der Waals surface area contributed by atoms with Crippen LogP contribution in [0, 0.1) is 25.7 Å². The van der Waals surface area contributed by atoms with E-state index >= 15 is 0 Å². The van der Waals surface area contributed by atoms with Crippen LogP contribution in [0.5, 0.6) is 0 Å². The van der Waals surface area contributed by atoms with Gasteiger partial charge in [-0.15, -0.1) is 0 Å². The van der Waals surface area contributed by atoms with E-state index in [0.717, 1.165) is 17.8 Å². The largest absolute Gasteiger partial charge is 0.481 e. The minimum absolute atomic E-state index is 0.0429. The Labute approximate surface area is 137 Å². The topological polar surface area (TPSA) is 84.2 Å². The lowest BCUT2D eigenvalue weighted by molar-refractivity contribution is -0.144. The molecular weight excluding hydrogens is 294 g/mol. The molecule has 0 bridgehead atoms. The van der Waals surface area contributed by atoms with E-state index in [9.17, 15) is 9.59 Å². The van der Waals surface area contributed by atoms with Gasteiger partial charge < -0.3 is 10.4 Å². The summed E-state index contributed by atoms with van der Waals surface area (Å²) in [4.78, 5) is 23.3. The first-order chi connectivity index (χ1) is 10.8. The molecule has 2 N–H and O–H groups in total. The van der Waals surface area contributed by atoms with E-state index in [1.165, 1.54) is 5.56 Å². The molecule has 1 unspecified atom stereocenters. The summed E-state index contributed by atoms with van der Waals surface area (Å²) < 4.78 is 1.87. The zero-order valence-corrected chi connectivity index (χ0v) is 14.4. The van der Waals surface area contributed by atoms with Gasteiger partial charge in [0.05, 0.1) is 11.6 Å². The molecule has 2 rings (SSSR count). The monoisotopic (exact) mass is 321 g/mol. The summed E-state index contributed by atoms with van der Waals surface area (Å²) in [6.07, 6.45) is 3.30. The number of carbonyl (C=O) groups excluding carboxylic acids is 1. The number of hydrogen-bond acceptors (Lipinski definition) is 3. The number of carboxylic acids is 1. The Morgan fingerprint density at radius 2 is 1.83 bits per heavy atom. The summed E-state index contributed by atoms with van der Waals surface area (Å²) >= 11 is 0. The van der Waals surface area contributed by atoms with Crippen molar-refractivity contribution in [3.8, 4) is 0 Å². The quantitative estimate of drug-likeness (QED) is 0.868. The average molecular weight is 321 g/mol. The first-order valence-corrected chi connectivity index (χ1v) is 8.31. The van der Waals surface area contributed by atoms with Crippen molar-refractivity contribution in [2.45, 2.75) is 58.9 Å². The average Bonchev–Trinajstić information content (AvgIpc) is 2.73. The third kappa shape index (κ3) is 4.12. The van der Waals surface area contributed by atoms with Crippen LogP contribution in [0.1, 0.15) is 49.6 Å². The van der Waals surface area contributed by atoms with Gasteiger partial charge in [-0.3, -0.25) is 14.3 Å². The number of aryl methyl sites for hydroxylation is 2. The van der Waals surface area contributed by atoms with Crippen LogP contribution in [0.25, 0.3) is 0 Å². The highest BCUT2D eigenvalue weighted by Gasteiger charge is 2.30. The molecule has 1 heterocycles. The van der Waals surface area contributed by atoms with Crippen molar-refractivity contribution in [3.05, 3.63) is 17.0 Å². The lowest BCUT2D eigenvalue weighted by atomic mass is 9.81. The van der Waals surface area contributed by atoms with Crippen molar-refractivity contribution in [3.63, 3.8) is 0 Å². The van der Waals surface area contributed by atoms with Gasteiger partial charge >= 0.3 is 5.97 Å². The predicted molar refractivity (Wildman–Crippen MR) is 87.1 cm³/mol. The van der Waals surface area contributed by atoms with E-state index in [-0.39, 0.29) is 23.8 Å². The van der Waals surface area contributed by atoms with Crippen molar-refractivity contribution in [2.75, 3.05) is 0 Å². The van der Waals surface area contributed by atoms with E-state index in [4.69, 9.17) is 5.11 Å². The number of nitrogens with one attached hydrogen (secondary N) is 1. The zero-order chi connectivity index (χ0) is 17.1. The standard InChI is InChI=1S/C17H27N3O3/c1-10(9-15-11(2)19-20(4)12(15)3)18-16(21)13-5-7-14(8-6-13)17(22)23/h10,13-14H,5-9H2,1-4H3,(H,18,21)(H,22,23). The number of aliphatic carboxylic acids is 1. The van der Waals surface area contributed by atoms with Gasteiger partial charge in [-0.2, -0.15) is 5.10 Å². The van der Waals surface area contributed by atoms with E-state index in [0.29, 0.717) is 25.7 Å². The smallest absolute Gasteiger partial charge is 0.306 e. The molecule has 1 aliphatic carbocycles. The molecule has 1 atom stereocenters. The van der Waals surface area contributed by atoms with Gasteiger partial charge in [0.15, 0.2) is 0 Å². The predicted octanol–water partition coefficient (Wildman–Crippen LogP) is 1.98.